The molecule has 1 aliphatic heterocycles. The largest absolute Gasteiger partial charge is 0.365 e. The lowest BCUT2D eigenvalue weighted by atomic mass is 10.0. The van der Waals surface area contributed by atoms with Crippen LogP contribution in [0.1, 0.15) is 22.7 Å². The molecule has 1 unspecified atom stereocenters. The summed E-state index contributed by atoms with van der Waals surface area (Å²) < 4.78 is 28.4. The van der Waals surface area contributed by atoms with Gasteiger partial charge in [-0.1, -0.05) is 54.1 Å². The summed E-state index contributed by atoms with van der Waals surface area (Å²) >= 11 is 5.96. The van der Waals surface area contributed by atoms with Gasteiger partial charge in [0.2, 0.25) is 5.91 Å². The summed E-state index contributed by atoms with van der Waals surface area (Å²) in [7, 11) is 0. The van der Waals surface area contributed by atoms with Crippen molar-refractivity contribution in [2.24, 2.45) is 0 Å². The Balaban J connectivity index is 1.67. The van der Waals surface area contributed by atoms with Crippen molar-refractivity contribution in [1.29, 1.82) is 0 Å². The third kappa shape index (κ3) is 3.58. The van der Waals surface area contributed by atoms with Crippen molar-refractivity contribution >= 4 is 23.2 Å². The summed E-state index contributed by atoms with van der Waals surface area (Å²) in [6.07, 6.45) is 0. The number of amides is 1. The van der Waals surface area contributed by atoms with E-state index in [-0.39, 0.29) is 11.6 Å². The van der Waals surface area contributed by atoms with Crippen molar-refractivity contribution in [2.75, 3.05) is 5.32 Å². The SMILES string of the molecule is O=C(C(Nc1c(F)cccc1F)c1ccc(Cl)cc1)N1Cc2ccccc2C1. The van der Waals surface area contributed by atoms with E-state index in [0.717, 1.165) is 23.3 Å². The Morgan fingerprint density at radius 2 is 1.46 bits per heavy atom. The second kappa shape index (κ2) is 7.60. The minimum Gasteiger partial charge on any atom is -0.365 e. The summed E-state index contributed by atoms with van der Waals surface area (Å²) in [5, 5.41) is 3.28. The monoisotopic (exact) mass is 398 g/mol. The number of hydrogen-bond donors (Lipinski definition) is 1. The van der Waals surface area contributed by atoms with E-state index in [2.05, 4.69) is 5.32 Å². The van der Waals surface area contributed by atoms with Crippen LogP contribution < -0.4 is 5.32 Å². The number of carbonyl (C=O) groups is 1. The molecule has 3 nitrogen and oxygen atoms in total. The van der Waals surface area contributed by atoms with Crippen molar-refractivity contribution in [3.05, 3.63) is 100 Å². The molecule has 0 bridgehead atoms. The van der Waals surface area contributed by atoms with Crippen LogP contribution in [0.3, 0.4) is 0 Å². The third-order valence-electron chi connectivity index (χ3n) is 4.85. The Morgan fingerprint density at radius 3 is 2.04 bits per heavy atom. The molecule has 0 aromatic heterocycles. The van der Waals surface area contributed by atoms with Crippen molar-refractivity contribution in [1.82, 2.24) is 4.90 Å². The Bertz CT molecular complexity index is 978. The zero-order valence-electron chi connectivity index (χ0n) is 14.8. The van der Waals surface area contributed by atoms with Crippen molar-refractivity contribution in [3.63, 3.8) is 0 Å². The van der Waals surface area contributed by atoms with Crippen LogP contribution in [0.4, 0.5) is 14.5 Å². The first-order chi connectivity index (χ1) is 13.5. The molecule has 0 saturated heterocycles. The van der Waals surface area contributed by atoms with Gasteiger partial charge in [0.05, 0.1) is 0 Å². The first-order valence-corrected chi connectivity index (χ1v) is 9.22. The molecule has 1 heterocycles. The number of benzene rings is 3. The number of fused-ring (bicyclic) bond motifs is 1. The first-order valence-electron chi connectivity index (χ1n) is 8.84. The molecule has 1 aliphatic rings. The number of halogens is 3. The van der Waals surface area contributed by atoms with Crippen molar-refractivity contribution in [3.8, 4) is 0 Å². The van der Waals surface area contributed by atoms with E-state index in [1.807, 2.05) is 24.3 Å². The highest BCUT2D eigenvalue weighted by atomic mass is 35.5. The predicted octanol–water partition coefficient (Wildman–Crippen LogP) is 5.31. The molecule has 0 saturated carbocycles. The number of carbonyl (C=O) groups excluding carboxylic acids is 1. The fourth-order valence-corrected chi connectivity index (χ4v) is 3.52. The van der Waals surface area contributed by atoms with E-state index < -0.39 is 17.7 Å². The number of anilines is 1. The molecule has 0 spiro atoms. The average molecular weight is 399 g/mol. The fraction of sp³-hybridized carbons (Fsp3) is 0.136. The molecule has 0 aliphatic carbocycles. The highest BCUT2D eigenvalue weighted by Gasteiger charge is 2.31. The zero-order valence-corrected chi connectivity index (χ0v) is 15.6. The minimum atomic E-state index is -0.946. The lowest BCUT2D eigenvalue weighted by Crippen LogP contribution is -2.35. The van der Waals surface area contributed by atoms with Gasteiger partial charge >= 0.3 is 0 Å². The highest BCUT2D eigenvalue weighted by Crippen LogP contribution is 2.30. The van der Waals surface area contributed by atoms with Crippen LogP contribution in [-0.4, -0.2) is 10.8 Å². The number of para-hydroxylation sites is 1. The lowest BCUT2D eigenvalue weighted by molar-refractivity contribution is -0.132. The van der Waals surface area contributed by atoms with Crippen LogP contribution in [0, 0.1) is 11.6 Å². The van der Waals surface area contributed by atoms with E-state index in [4.69, 9.17) is 11.6 Å². The summed E-state index contributed by atoms with van der Waals surface area (Å²) in [5.41, 5.74) is 2.39. The molecule has 1 amide bonds. The number of hydrogen-bond acceptors (Lipinski definition) is 2. The van der Waals surface area contributed by atoms with Crippen LogP contribution in [0.5, 0.6) is 0 Å². The Labute approximate surface area is 166 Å². The van der Waals surface area contributed by atoms with Crippen LogP contribution in [-0.2, 0) is 17.9 Å². The van der Waals surface area contributed by atoms with Gasteiger partial charge in [0, 0.05) is 18.1 Å². The van der Waals surface area contributed by atoms with Crippen LogP contribution in [0.25, 0.3) is 0 Å². The Kier molecular flexibility index (Phi) is 5.01. The van der Waals surface area contributed by atoms with Crippen LogP contribution in [0.15, 0.2) is 66.7 Å². The van der Waals surface area contributed by atoms with Gasteiger partial charge in [-0.15, -0.1) is 0 Å². The van der Waals surface area contributed by atoms with Gasteiger partial charge in [-0.3, -0.25) is 4.79 Å². The molecule has 142 valence electrons. The molecule has 0 fully saturated rings. The molecule has 3 aromatic carbocycles. The van der Waals surface area contributed by atoms with Gasteiger partial charge < -0.3 is 10.2 Å². The molecule has 4 rings (SSSR count). The Morgan fingerprint density at radius 1 is 0.893 bits per heavy atom. The van der Waals surface area contributed by atoms with Gasteiger partial charge in [-0.2, -0.15) is 0 Å². The number of nitrogens with one attached hydrogen (secondary N) is 1. The maximum absolute atomic E-state index is 14.2. The van der Waals surface area contributed by atoms with E-state index >= 15 is 0 Å². The lowest BCUT2D eigenvalue weighted by Gasteiger charge is -2.25. The van der Waals surface area contributed by atoms with Gasteiger partial charge in [-0.25, -0.2) is 8.78 Å². The number of rotatable bonds is 4. The van der Waals surface area contributed by atoms with Crippen molar-refractivity contribution < 1.29 is 13.6 Å². The molecular weight excluding hydrogens is 382 g/mol. The van der Waals surface area contributed by atoms with Crippen LogP contribution >= 0.6 is 11.6 Å². The van der Waals surface area contributed by atoms with E-state index in [1.54, 1.807) is 29.2 Å². The summed E-state index contributed by atoms with van der Waals surface area (Å²) in [6.45, 7) is 0.918. The quantitative estimate of drug-likeness (QED) is 0.645. The molecule has 28 heavy (non-hydrogen) atoms. The summed E-state index contributed by atoms with van der Waals surface area (Å²) in [6, 6.07) is 17.1. The zero-order chi connectivity index (χ0) is 19.7. The molecular formula is C22H17ClF2N2O. The maximum atomic E-state index is 14.2. The maximum Gasteiger partial charge on any atom is 0.250 e. The van der Waals surface area contributed by atoms with Gasteiger partial charge in [0.1, 0.15) is 23.4 Å². The summed E-state index contributed by atoms with van der Waals surface area (Å²) in [5.74, 6) is -1.77. The molecule has 1 N–H and O–H groups in total. The average Bonchev–Trinajstić information content (AvgIpc) is 3.13. The minimum absolute atomic E-state index is 0.263. The molecule has 6 heteroatoms. The standard InChI is InChI=1S/C22H17ClF2N2O/c23-17-10-8-14(9-11-17)20(26-21-18(24)6-3-7-19(21)25)22(28)27-12-15-4-1-2-5-16(15)13-27/h1-11,20,26H,12-13H2. The third-order valence-corrected chi connectivity index (χ3v) is 5.11. The highest BCUT2D eigenvalue weighted by molar-refractivity contribution is 6.30. The van der Waals surface area contributed by atoms with Crippen molar-refractivity contribution in [2.45, 2.75) is 19.1 Å². The number of nitrogens with zero attached hydrogens (tertiary/aromatic N) is 1. The molecule has 3 aromatic rings. The Hall–Kier alpha value is -2.92. The first kappa shape index (κ1) is 18.4. The topological polar surface area (TPSA) is 32.3 Å². The molecule has 1 atom stereocenters. The summed E-state index contributed by atoms with van der Waals surface area (Å²) in [4.78, 5) is 15.0. The van der Waals surface area contributed by atoms with Gasteiger partial charge in [0.25, 0.3) is 0 Å². The smallest absolute Gasteiger partial charge is 0.250 e. The second-order valence-electron chi connectivity index (χ2n) is 6.69. The van der Waals surface area contributed by atoms with Crippen LogP contribution in [0.2, 0.25) is 5.02 Å². The fourth-order valence-electron chi connectivity index (χ4n) is 3.39. The van der Waals surface area contributed by atoms with Gasteiger partial charge in [-0.05, 0) is 41.0 Å². The normalized spacial score (nSPS) is 13.9. The van der Waals surface area contributed by atoms with E-state index in [1.165, 1.54) is 6.07 Å². The molecule has 0 radical (unpaired) electrons. The second-order valence-corrected chi connectivity index (χ2v) is 7.13. The predicted molar refractivity (Wildman–Crippen MR) is 105 cm³/mol. The van der Waals surface area contributed by atoms with E-state index in [0.29, 0.717) is 23.7 Å². The van der Waals surface area contributed by atoms with Gasteiger partial charge in [0.15, 0.2) is 0 Å². The van der Waals surface area contributed by atoms with E-state index in [9.17, 15) is 13.6 Å².